The molecule has 0 aliphatic heterocycles. The third-order valence-electron chi connectivity index (χ3n) is 5.07. The minimum absolute atomic E-state index is 0.0165. The molecule has 0 spiro atoms. The second kappa shape index (κ2) is 12.1. The molecular weight excluding hydrogens is 489 g/mol. The number of allylic oxidation sites excluding steroid dienone is 1. The summed E-state index contributed by atoms with van der Waals surface area (Å²) in [6, 6.07) is 3.15. The van der Waals surface area contributed by atoms with Gasteiger partial charge in [0.25, 0.3) is 5.91 Å². The van der Waals surface area contributed by atoms with Gasteiger partial charge in [0.2, 0.25) is 5.91 Å². The highest BCUT2D eigenvalue weighted by molar-refractivity contribution is 5.94. The van der Waals surface area contributed by atoms with E-state index in [0.29, 0.717) is 35.9 Å². The molecule has 0 bridgehead atoms. The lowest BCUT2D eigenvalue weighted by Crippen LogP contribution is -2.31. The lowest BCUT2D eigenvalue weighted by Gasteiger charge is -2.14. The molecule has 37 heavy (non-hydrogen) atoms. The number of carbonyl (C=O) groups excluding carboxylic acids is 2. The van der Waals surface area contributed by atoms with E-state index < -0.39 is 17.8 Å². The van der Waals surface area contributed by atoms with Crippen molar-refractivity contribution in [2.24, 2.45) is 5.92 Å². The lowest BCUT2D eigenvalue weighted by molar-refractivity contribution is -0.141. The number of aryl methyl sites for hydroxylation is 1. The van der Waals surface area contributed by atoms with E-state index in [0.717, 1.165) is 12.1 Å². The van der Waals surface area contributed by atoms with E-state index in [1.165, 1.54) is 10.7 Å². The fourth-order valence-electron chi connectivity index (χ4n) is 3.17. The highest BCUT2D eigenvalue weighted by Crippen LogP contribution is 2.27. The number of alkyl halides is 3. The molecule has 0 saturated heterocycles. The summed E-state index contributed by atoms with van der Waals surface area (Å²) in [6.45, 7) is 6.22. The lowest BCUT2D eigenvalue weighted by atomic mass is 10.1. The van der Waals surface area contributed by atoms with E-state index >= 15 is 0 Å². The van der Waals surface area contributed by atoms with Crippen molar-refractivity contribution < 1.29 is 22.8 Å². The van der Waals surface area contributed by atoms with Crippen LogP contribution in [0.1, 0.15) is 41.3 Å². The Morgan fingerprint density at radius 1 is 1.16 bits per heavy atom. The van der Waals surface area contributed by atoms with Crippen molar-refractivity contribution in [1.29, 1.82) is 0 Å². The summed E-state index contributed by atoms with van der Waals surface area (Å²) in [6.07, 6.45) is 3.38. The molecule has 0 radical (unpaired) electrons. The van der Waals surface area contributed by atoms with Gasteiger partial charge in [0.05, 0.1) is 11.9 Å². The predicted octanol–water partition coefficient (Wildman–Crippen LogP) is 3.05. The molecular formula is C24H27F3N8O2. The number of halogens is 3. The van der Waals surface area contributed by atoms with Gasteiger partial charge >= 0.3 is 6.18 Å². The van der Waals surface area contributed by atoms with Gasteiger partial charge in [0, 0.05) is 42.9 Å². The van der Waals surface area contributed by atoms with E-state index in [9.17, 15) is 22.8 Å². The van der Waals surface area contributed by atoms with Gasteiger partial charge in [0.15, 0.2) is 0 Å². The Balaban J connectivity index is 1.61. The van der Waals surface area contributed by atoms with Gasteiger partial charge in [-0.1, -0.05) is 19.9 Å². The van der Waals surface area contributed by atoms with Gasteiger partial charge in [-0.15, -0.1) is 0 Å². The van der Waals surface area contributed by atoms with Gasteiger partial charge in [-0.25, -0.2) is 9.97 Å². The first-order chi connectivity index (χ1) is 17.5. The van der Waals surface area contributed by atoms with Crippen molar-refractivity contribution in [3.05, 3.63) is 71.3 Å². The average molecular weight is 517 g/mol. The molecule has 0 aliphatic rings. The topological polar surface area (TPSA) is 127 Å². The van der Waals surface area contributed by atoms with E-state index in [1.54, 1.807) is 37.8 Å². The second-order valence-corrected chi connectivity index (χ2v) is 8.35. The van der Waals surface area contributed by atoms with Crippen molar-refractivity contribution in [3.8, 4) is 0 Å². The fraction of sp³-hybridized carbons (Fsp3) is 0.333. The van der Waals surface area contributed by atoms with Crippen LogP contribution in [-0.4, -0.2) is 49.6 Å². The summed E-state index contributed by atoms with van der Waals surface area (Å²) >= 11 is 0. The minimum atomic E-state index is -4.65. The number of rotatable bonds is 10. The molecule has 0 fully saturated rings. The zero-order valence-corrected chi connectivity index (χ0v) is 20.5. The first-order valence-electron chi connectivity index (χ1n) is 11.4. The zero-order chi connectivity index (χ0) is 27.0. The van der Waals surface area contributed by atoms with Crippen molar-refractivity contribution in [2.75, 3.05) is 18.4 Å². The summed E-state index contributed by atoms with van der Waals surface area (Å²) in [5.41, 5.74) is 0.237. The third kappa shape index (κ3) is 8.12. The van der Waals surface area contributed by atoms with E-state index in [4.69, 9.17) is 0 Å². The Morgan fingerprint density at radius 3 is 2.62 bits per heavy atom. The molecule has 3 aromatic rings. The number of nitrogens with zero attached hydrogens (tertiary/aromatic N) is 5. The maximum atomic E-state index is 13.0. The van der Waals surface area contributed by atoms with Crippen LogP contribution in [-0.2, 0) is 17.5 Å². The number of hydrogen-bond acceptors (Lipinski definition) is 7. The van der Waals surface area contributed by atoms with Crippen molar-refractivity contribution in [2.45, 2.75) is 33.5 Å². The Morgan fingerprint density at radius 2 is 1.95 bits per heavy atom. The molecule has 0 unspecified atom stereocenters. The van der Waals surface area contributed by atoms with Gasteiger partial charge in [-0.3, -0.25) is 19.3 Å². The van der Waals surface area contributed by atoms with Crippen LogP contribution in [0.2, 0.25) is 0 Å². The number of pyridine rings is 1. The molecule has 0 atom stereocenters. The van der Waals surface area contributed by atoms with Crippen LogP contribution in [0, 0.1) is 12.8 Å². The van der Waals surface area contributed by atoms with Crippen LogP contribution in [0.15, 0.2) is 48.7 Å². The molecule has 3 aromatic heterocycles. The van der Waals surface area contributed by atoms with Gasteiger partial charge in [0.1, 0.15) is 23.8 Å². The molecule has 13 heteroatoms. The van der Waals surface area contributed by atoms with Crippen molar-refractivity contribution in [3.63, 3.8) is 0 Å². The Bertz CT molecular complexity index is 1260. The highest BCUT2D eigenvalue weighted by atomic mass is 19.4. The van der Waals surface area contributed by atoms with Crippen LogP contribution < -0.4 is 16.0 Å². The van der Waals surface area contributed by atoms with E-state index in [1.807, 2.05) is 13.8 Å². The fourth-order valence-corrected chi connectivity index (χ4v) is 3.17. The van der Waals surface area contributed by atoms with Gasteiger partial charge < -0.3 is 16.0 Å². The quantitative estimate of drug-likeness (QED) is 0.354. The summed E-state index contributed by atoms with van der Waals surface area (Å²) < 4.78 is 40.3. The molecule has 2 amide bonds. The number of aromatic nitrogens is 5. The number of anilines is 1. The summed E-state index contributed by atoms with van der Waals surface area (Å²) in [4.78, 5) is 36.4. The maximum absolute atomic E-state index is 13.0. The van der Waals surface area contributed by atoms with Crippen molar-refractivity contribution >= 4 is 23.7 Å². The largest absolute Gasteiger partial charge is 0.433 e. The number of carbonyl (C=O) groups is 2. The Kier molecular flexibility index (Phi) is 8.93. The van der Waals surface area contributed by atoms with Crippen LogP contribution in [0.3, 0.4) is 0 Å². The molecule has 3 N–H and O–H groups in total. The second-order valence-electron chi connectivity index (χ2n) is 8.35. The predicted molar refractivity (Wildman–Crippen MR) is 130 cm³/mol. The summed E-state index contributed by atoms with van der Waals surface area (Å²) in [5.74, 6) is -0.562. The molecule has 196 valence electrons. The normalized spacial score (nSPS) is 11.9. The summed E-state index contributed by atoms with van der Waals surface area (Å²) in [7, 11) is 0. The minimum Gasteiger partial charge on any atom is -0.367 e. The average Bonchev–Trinajstić information content (AvgIpc) is 3.19. The maximum Gasteiger partial charge on any atom is 0.433 e. The number of amides is 2. The highest BCUT2D eigenvalue weighted by Gasteiger charge is 2.33. The Hall–Kier alpha value is -4.29. The van der Waals surface area contributed by atoms with E-state index in [2.05, 4.69) is 36.0 Å². The standard InChI is InChI=1S/C24H27F3N8O2/c1-15(2)19(33-23(37)18-5-4-6-20(32-18)24(25,26)27)11-17-13-35(34-16(17)3)14-22(36)31-10-9-30-21-12-28-7-8-29-21/h4-8,11-13,15H,9-10,14H2,1-3H3,(H,29,30)(H,31,36)(H,33,37). The first-order valence-corrected chi connectivity index (χ1v) is 11.4. The first kappa shape index (κ1) is 27.3. The van der Waals surface area contributed by atoms with Crippen LogP contribution in [0.25, 0.3) is 6.08 Å². The van der Waals surface area contributed by atoms with Crippen LogP contribution in [0.5, 0.6) is 0 Å². The van der Waals surface area contributed by atoms with Gasteiger partial charge in [-0.2, -0.15) is 18.3 Å². The summed E-state index contributed by atoms with van der Waals surface area (Å²) in [5, 5.41) is 12.8. The third-order valence-corrected chi connectivity index (χ3v) is 5.07. The van der Waals surface area contributed by atoms with Crippen molar-refractivity contribution in [1.82, 2.24) is 35.4 Å². The number of nitrogens with one attached hydrogen (secondary N) is 3. The van der Waals surface area contributed by atoms with Crippen LogP contribution in [0.4, 0.5) is 19.0 Å². The number of hydrogen-bond donors (Lipinski definition) is 3. The zero-order valence-electron chi connectivity index (χ0n) is 20.5. The van der Waals surface area contributed by atoms with Gasteiger partial charge in [-0.05, 0) is 31.1 Å². The molecule has 0 saturated carbocycles. The molecule has 3 rings (SSSR count). The van der Waals surface area contributed by atoms with E-state index in [-0.39, 0.29) is 24.1 Å². The molecule has 10 nitrogen and oxygen atoms in total. The molecule has 3 heterocycles. The smallest absolute Gasteiger partial charge is 0.367 e. The molecule has 0 aromatic carbocycles. The SMILES string of the molecule is Cc1nn(CC(=O)NCCNc2cnccn2)cc1C=C(NC(=O)c1cccc(C(F)(F)F)n1)C(C)C. The monoisotopic (exact) mass is 516 g/mol. The van der Waals surface area contributed by atoms with Crippen LogP contribution >= 0.6 is 0 Å². The molecule has 0 aliphatic carbocycles. The Labute approximate surface area is 211 Å².